The molecule has 7 nitrogen and oxygen atoms in total. The van der Waals surface area contributed by atoms with E-state index < -0.39 is 11.7 Å². The largest absolute Gasteiger partial charge is 0.308 e. The van der Waals surface area contributed by atoms with Crippen LogP contribution >= 0.6 is 0 Å². The van der Waals surface area contributed by atoms with E-state index in [1.807, 2.05) is 48.5 Å². The number of alkyl halides is 2. The second-order valence-electron chi connectivity index (χ2n) is 7.39. The molecular weight excluding hydrogens is 412 g/mol. The van der Waals surface area contributed by atoms with Crippen LogP contribution in [0.4, 0.5) is 8.78 Å². The predicted octanol–water partition coefficient (Wildman–Crippen LogP) is 4.79. The van der Waals surface area contributed by atoms with E-state index in [-0.39, 0.29) is 6.42 Å². The summed E-state index contributed by atoms with van der Waals surface area (Å²) in [6, 6.07) is 15.7. The fraction of sp³-hybridized carbons (Fsp3) is 0.261. The number of halogens is 2. The van der Waals surface area contributed by atoms with Crippen molar-refractivity contribution in [1.82, 2.24) is 35.4 Å². The maximum absolute atomic E-state index is 14.2. The highest BCUT2D eigenvalue weighted by Gasteiger charge is 2.35. The van der Waals surface area contributed by atoms with E-state index in [0.29, 0.717) is 31.0 Å². The van der Waals surface area contributed by atoms with Gasteiger partial charge in [-0.25, -0.2) is 14.8 Å². The Hall–Kier alpha value is -3.75. The number of allylic oxidation sites excluding steroid dienone is 1. The zero-order valence-corrected chi connectivity index (χ0v) is 17.7. The normalized spacial score (nSPS) is 11.6. The first kappa shape index (κ1) is 21.5. The minimum Gasteiger partial charge on any atom is -0.245 e. The fourth-order valence-corrected chi connectivity index (χ4v) is 3.41. The Morgan fingerprint density at radius 2 is 1.84 bits per heavy atom. The van der Waals surface area contributed by atoms with Gasteiger partial charge in [0, 0.05) is 18.4 Å². The second kappa shape index (κ2) is 9.17. The maximum atomic E-state index is 14.2. The molecule has 0 atom stereocenters. The summed E-state index contributed by atoms with van der Waals surface area (Å²) in [7, 11) is 0. The van der Waals surface area contributed by atoms with E-state index in [0.717, 1.165) is 22.3 Å². The lowest BCUT2D eigenvalue weighted by atomic mass is 9.98. The van der Waals surface area contributed by atoms with Crippen LogP contribution in [0.2, 0.25) is 0 Å². The molecule has 0 spiro atoms. The van der Waals surface area contributed by atoms with Crippen LogP contribution in [0, 0.1) is 0 Å². The lowest BCUT2D eigenvalue weighted by Gasteiger charge is -2.10. The molecule has 0 radical (unpaired) electrons. The van der Waals surface area contributed by atoms with Crippen LogP contribution in [-0.4, -0.2) is 35.4 Å². The molecule has 0 aliphatic heterocycles. The molecule has 0 saturated heterocycles. The van der Waals surface area contributed by atoms with Crippen molar-refractivity contribution in [2.24, 2.45) is 0 Å². The molecule has 2 aromatic carbocycles. The smallest absolute Gasteiger partial charge is 0.245 e. The molecule has 0 fully saturated rings. The highest BCUT2D eigenvalue weighted by atomic mass is 19.3. The number of aryl methyl sites for hydroxylation is 1. The molecule has 0 aliphatic rings. The first-order valence-corrected chi connectivity index (χ1v) is 10.4. The molecule has 0 bridgehead atoms. The Kier molecular flexibility index (Phi) is 6.16. The number of rotatable bonds is 9. The Morgan fingerprint density at radius 3 is 2.50 bits per heavy atom. The topological polar surface area (TPSA) is 85.2 Å². The van der Waals surface area contributed by atoms with Crippen molar-refractivity contribution < 1.29 is 8.78 Å². The van der Waals surface area contributed by atoms with Crippen molar-refractivity contribution in [3.05, 3.63) is 78.4 Å². The predicted molar refractivity (Wildman–Crippen MR) is 117 cm³/mol. The number of benzene rings is 2. The lowest BCUT2D eigenvalue weighted by molar-refractivity contribution is -0.0177. The zero-order chi connectivity index (χ0) is 22.6. The molecule has 4 aromatic rings. The highest BCUT2D eigenvalue weighted by molar-refractivity contribution is 5.80. The lowest BCUT2D eigenvalue weighted by Crippen LogP contribution is -2.14. The first-order valence-electron chi connectivity index (χ1n) is 10.4. The molecule has 9 heteroatoms. The van der Waals surface area contributed by atoms with Crippen molar-refractivity contribution in [1.29, 1.82) is 0 Å². The number of aromatic amines is 1. The number of tetrazole rings is 1. The number of H-pyrrole nitrogens is 1. The third-order valence-electron chi connectivity index (χ3n) is 5.22. The third kappa shape index (κ3) is 4.46. The van der Waals surface area contributed by atoms with Gasteiger partial charge < -0.3 is 0 Å². The van der Waals surface area contributed by atoms with Crippen LogP contribution in [0.15, 0.2) is 61.2 Å². The maximum Gasteiger partial charge on any atom is 0.308 e. The van der Waals surface area contributed by atoms with Gasteiger partial charge in [0.2, 0.25) is 5.82 Å². The van der Waals surface area contributed by atoms with Gasteiger partial charge in [0.1, 0.15) is 5.82 Å². The molecule has 0 aliphatic carbocycles. The van der Waals surface area contributed by atoms with E-state index in [4.69, 9.17) is 0 Å². The number of hydrogen-bond donors (Lipinski definition) is 1. The van der Waals surface area contributed by atoms with Gasteiger partial charge in [-0.15, -0.1) is 16.8 Å². The van der Waals surface area contributed by atoms with Crippen LogP contribution in [0.3, 0.4) is 0 Å². The van der Waals surface area contributed by atoms with Gasteiger partial charge in [-0.2, -0.15) is 8.78 Å². The summed E-state index contributed by atoms with van der Waals surface area (Å²) >= 11 is 0. The molecule has 1 N–H and O–H groups in total. The third-order valence-corrected chi connectivity index (χ3v) is 5.22. The monoisotopic (exact) mass is 435 g/mol. The van der Waals surface area contributed by atoms with Crippen LogP contribution in [0.1, 0.15) is 37.0 Å². The van der Waals surface area contributed by atoms with Crippen molar-refractivity contribution in [3.63, 3.8) is 0 Å². The highest BCUT2D eigenvalue weighted by Crippen LogP contribution is 2.31. The summed E-state index contributed by atoms with van der Waals surface area (Å²) in [6.07, 6.45) is 2.55. The van der Waals surface area contributed by atoms with E-state index in [1.54, 1.807) is 10.8 Å². The van der Waals surface area contributed by atoms with Gasteiger partial charge in [-0.3, -0.25) is 0 Å². The number of hydrogen-bond acceptors (Lipinski definition) is 5. The zero-order valence-electron chi connectivity index (χ0n) is 17.7. The molecule has 2 heterocycles. The summed E-state index contributed by atoms with van der Waals surface area (Å²) in [5, 5.41) is 18.2. The van der Waals surface area contributed by atoms with E-state index in [2.05, 4.69) is 37.3 Å². The molecule has 164 valence electrons. The SMILES string of the molecule is C=CCCc1nc(C(F)(F)CC)nn1Cc1ccc(-c2ccccc2-c2nnn[nH]2)cc1. The van der Waals surface area contributed by atoms with E-state index >= 15 is 0 Å². The summed E-state index contributed by atoms with van der Waals surface area (Å²) in [6.45, 7) is 5.49. The van der Waals surface area contributed by atoms with Gasteiger partial charge in [-0.1, -0.05) is 61.5 Å². The molecule has 2 aromatic heterocycles. The standard InChI is InChI=1S/C23H23F2N7/c1-3-5-10-20-26-22(23(24,25)4-2)29-32(20)15-16-11-13-17(14-12-16)18-8-6-7-9-19(18)21-27-30-31-28-21/h3,6-9,11-14H,1,4-5,10,15H2,2H3,(H,27,28,30,31). The van der Waals surface area contributed by atoms with Crippen molar-refractivity contribution >= 4 is 0 Å². The van der Waals surface area contributed by atoms with Crippen LogP contribution in [-0.2, 0) is 18.9 Å². The Morgan fingerprint density at radius 1 is 1.09 bits per heavy atom. The van der Waals surface area contributed by atoms with Gasteiger partial charge in [0.15, 0.2) is 5.82 Å². The second-order valence-corrected chi connectivity index (χ2v) is 7.39. The number of nitrogens with one attached hydrogen (secondary N) is 1. The summed E-state index contributed by atoms with van der Waals surface area (Å²) < 4.78 is 29.9. The van der Waals surface area contributed by atoms with Crippen molar-refractivity contribution in [2.45, 2.75) is 38.7 Å². The minimum atomic E-state index is -3.04. The molecule has 4 rings (SSSR count). The summed E-state index contributed by atoms with van der Waals surface area (Å²) in [4.78, 5) is 4.12. The van der Waals surface area contributed by atoms with Gasteiger partial charge in [0.05, 0.1) is 6.54 Å². The molecule has 32 heavy (non-hydrogen) atoms. The quantitative estimate of drug-likeness (QED) is 0.382. The molecular formula is C23H23F2N7. The molecule has 0 saturated carbocycles. The fourth-order valence-electron chi connectivity index (χ4n) is 3.41. The molecule has 0 unspecified atom stereocenters. The van der Waals surface area contributed by atoms with Gasteiger partial charge in [-0.05, 0) is 33.5 Å². The van der Waals surface area contributed by atoms with Crippen LogP contribution in [0.25, 0.3) is 22.5 Å². The Balaban J connectivity index is 1.61. The number of aromatic nitrogens is 7. The average molecular weight is 435 g/mol. The summed E-state index contributed by atoms with van der Waals surface area (Å²) in [5.74, 6) is -2.36. The summed E-state index contributed by atoms with van der Waals surface area (Å²) in [5.41, 5.74) is 3.79. The Bertz CT molecular complexity index is 1180. The van der Waals surface area contributed by atoms with E-state index in [9.17, 15) is 8.78 Å². The molecule has 0 amide bonds. The van der Waals surface area contributed by atoms with Gasteiger partial charge in [0.25, 0.3) is 0 Å². The minimum absolute atomic E-state index is 0.341. The van der Waals surface area contributed by atoms with Crippen LogP contribution in [0.5, 0.6) is 0 Å². The van der Waals surface area contributed by atoms with Crippen molar-refractivity contribution in [2.75, 3.05) is 0 Å². The average Bonchev–Trinajstić information content (AvgIpc) is 3.49. The van der Waals surface area contributed by atoms with Crippen molar-refractivity contribution in [3.8, 4) is 22.5 Å². The van der Waals surface area contributed by atoms with E-state index in [1.165, 1.54) is 6.92 Å². The Labute approximate surface area is 184 Å². The first-order chi connectivity index (χ1) is 15.5. The van der Waals surface area contributed by atoms with Gasteiger partial charge >= 0.3 is 5.92 Å². The van der Waals surface area contributed by atoms with Crippen LogP contribution < -0.4 is 0 Å². The number of nitrogens with zero attached hydrogens (tertiary/aromatic N) is 6.